The summed E-state index contributed by atoms with van der Waals surface area (Å²) in [4.78, 5) is 48.5. The number of nitrogens with zero attached hydrogens (tertiary/aromatic N) is 5. The van der Waals surface area contributed by atoms with E-state index >= 15 is 4.39 Å². The van der Waals surface area contributed by atoms with Crippen LogP contribution in [0.3, 0.4) is 0 Å². The lowest BCUT2D eigenvalue weighted by Crippen LogP contribution is -2.43. The lowest BCUT2D eigenvalue weighted by atomic mass is 9.97. The molecule has 6 rings (SSSR count). The fraction of sp³-hybridized carbons (Fsp3) is 0.176. The van der Waals surface area contributed by atoms with Crippen molar-refractivity contribution in [2.24, 2.45) is 5.73 Å². The Morgan fingerprint density at radius 1 is 0.978 bits per heavy atom. The van der Waals surface area contributed by atoms with Crippen LogP contribution in [-0.4, -0.2) is 61.0 Å². The maximum atomic E-state index is 15.6. The summed E-state index contributed by atoms with van der Waals surface area (Å²) >= 11 is 6.27. The zero-order valence-corrected chi connectivity index (χ0v) is 24.9. The largest absolute Gasteiger partial charge is 0.364 e. The molecule has 0 spiro atoms. The van der Waals surface area contributed by atoms with Gasteiger partial charge in [0.25, 0.3) is 5.91 Å². The Kier molecular flexibility index (Phi) is 8.55. The Bertz CT molecular complexity index is 2060. The number of halogens is 3. The van der Waals surface area contributed by atoms with Crippen LogP contribution in [0.2, 0.25) is 5.02 Å². The van der Waals surface area contributed by atoms with Gasteiger partial charge in [-0.05, 0) is 41.8 Å². The number of ketones is 1. The van der Waals surface area contributed by atoms with Crippen LogP contribution in [-0.2, 0) is 22.6 Å². The van der Waals surface area contributed by atoms with Crippen LogP contribution in [0.25, 0.3) is 22.0 Å². The van der Waals surface area contributed by atoms with E-state index < -0.39 is 35.6 Å². The van der Waals surface area contributed by atoms with E-state index in [1.54, 1.807) is 73.1 Å². The highest BCUT2D eigenvalue weighted by Crippen LogP contribution is 2.32. The van der Waals surface area contributed by atoms with E-state index in [9.17, 15) is 18.8 Å². The van der Waals surface area contributed by atoms with Crippen molar-refractivity contribution in [3.8, 4) is 23.0 Å². The molecule has 0 aliphatic carbocycles. The lowest BCUT2D eigenvalue weighted by Gasteiger charge is -2.23. The number of nitrogens with two attached hydrogens (primary N) is 1. The summed E-state index contributed by atoms with van der Waals surface area (Å²) in [5, 5.41) is 4.98. The number of Topliss-reactive ketones (excluding diaryl/α,β-unsaturated/α-hetero) is 1. The van der Waals surface area contributed by atoms with Crippen LogP contribution in [0.5, 0.6) is 0 Å². The minimum Gasteiger partial charge on any atom is -0.364 e. The standard InChI is InChI=1S/C34H25ClF2N6O3/c35-26-8-2-1-6-23(26)24-7-3-5-21(32(24)37)16-29(44)28-17-22(36)18-42(28)31(45)19-43-27-11-9-20(10-12-30-39-13-4-14-40-30)15-25(27)33(41-43)34(38)46/h1-9,11,13-15,22,28H,16-19H2,(H2,38,46)/t22-,28+/m1/s1. The first-order valence-electron chi connectivity index (χ1n) is 14.3. The van der Waals surface area contributed by atoms with Crippen LogP contribution < -0.4 is 5.73 Å². The van der Waals surface area contributed by atoms with Crippen molar-refractivity contribution < 1.29 is 23.2 Å². The summed E-state index contributed by atoms with van der Waals surface area (Å²) in [7, 11) is 0. The molecule has 1 fully saturated rings. The molecule has 2 atom stereocenters. The predicted octanol–water partition coefficient (Wildman–Crippen LogP) is 4.54. The summed E-state index contributed by atoms with van der Waals surface area (Å²) in [6.45, 7) is -0.694. The van der Waals surface area contributed by atoms with Crippen LogP contribution >= 0.6 is 11.6 Å². The third kappa shape index (κ3) is 6.20. The van der Waals surface area contributed by atoms with Crippen molar-refractivity contribution in [1.82, 2.24) is 24.6 Å². The quantitative estimate of drug-likeness (QED) is 0.261. The molecule has 12 heteroatoms. The minimum atomic E-state index is -1.44. The number of benzene rings is 3. The molecule has 2 amide bonds. The number of alkyl halides is 1. The maximum absolute atomic E-state index is 15.6. The highest BCUT2D eigenvalue weighted by atomic mass is 35.5. The van der Waals surface area contributed by atoms with Crippen LogP contribution in [0.1, 0.15) is 33.9 Å². The molecule has 0 unspecified atom stereocenters. The number of rotatable bonds is 7. The number of amides is 2. The van der Waals surface area contributed by atoms with Gasteiger partial charge in [-0.25, -0.2) is 18.7 Å². The first-order valence-corrected chi connectivity index (χ1v) is 14.7. The number of aromatic nitrogens is 4. The molecule has 2 N–H and O–H groups in total. The fourth-order valence-corrected chi connectivity index (χ4v) is 5.78. The average molecular weight is 639 g/mol. The molecule has 0 bridgehead atoms. The van der Waals surface area contributed by atoms with Gasteiger partial charge in [-0.15, -0.1) is 0 Å². The van der Waals surface area contributed by atoms with Gasteiger partial charge in [-0.1, -0.05) is 53.9 Å². The third-order valence-corrected chi connectivity index (χ3v) is 8.03. The van der Waals surface area contributed by atoms with Gasteiger partial charge in [-0.3, -0.25) is 19.1 Å². The van der Waals surface area contributed by atoms with Crippen molar-refractivity contribution >= 4 is 40.1 Å². The molecule has 0 saturated carbocycles. The van der Waals surface area contributed by atoms with Crippen LogP contribution in [0, 0.1) is 17.7 Å². The Balaban J connectivity index is 1.23. The van der Waals surface area contributed by atoms with Crippen LogP contribution in [0.4, 0.5) is 8.78 Å². The third-order valence-electron chi connectivity index (χ3n) is 7.70. The van der Waals surface area contributed by atoms with Gasteiger partial charge in [0.2, 0.25) is 11.7 Å². The highest BCUT2D eigenvalue weighted by Gasteiger charge is 2.40. The zero-order valence-electron chi connectivity index (χ0n) is 24.2. The van der Waals surface area contributed by atoms with Crippen molar-refractivity contribution in [1.29, 1.82) is 0 Å². The number of hydrogen-bond acceptors (Lipinski definition) is 6. The van der Waals surface area contributed by atoms with E-state index in [0.29, 0.717) is 32.9 Å². The van der Waals surface area contributed by atoms with E-state index in [1.807, 2.05) is 0 Å². The number of carbonyl (C=O) groups excluding carboxylic acids is 3. The van der Waals surface area contributed by atoms with E-state index in [2.05, 4.69) is 26.9 Å². The second-order valence-corrected chi connectivity index (χ2v) is 11.1. The van der Waals surface area contributed by atoms with Crippen molar-refractivity contribution in [2.75, 3.05) is 6.54 Å². The molecule has 46 heavy (non-hydrogen) atoms. The molecule has 1 aliphatic heterocycles. The van der Waals surface area contributed by atoms with Gasteiger partial charge in [0.1, 0.15) is 18.5 Å². The van der Waals surface area contributed by atoms with Gasteiger partial charge in [-0.2, -0.15) is 5.10 Å². The molecule has 0 radical (unpaired) electrons. The first kappa shape index (κ1) is 30.6. The molecule has 3 aromatic carbocycles. The molecule has 230 valence electrons. The summed E-state index contributed by atoms with van der Waals surface area (Å²) in [5.74, 6) is 3.56. The van der Waals surface area contributed by atoms with E-state index in [4.69, 9.17) is 17.3 Å². The summed E-state index contributed by atoms with van der Waals surface area (Å²) in [6, 6.07) is 16.9. The topological polar surface area (TPSA) is 124 Å². The molecule has 1 aliphatic rings. The Morgan fingerprint density at radius 3 is 2.50 bits per heavy atom. The van der Waals surface area contributed by atoms with Gasteiger partial charge in [0.05, 0.1) is 18.1 Å². The first-order chi connectivity index (χ1) is 22.2. The molecule has 2 aromatic heterocycles. The van der Waals surface area contributed by atoms with Crippen LogP contribution in [0.15, 0.2) is 79.1 Å². The molecular weight excluding hydrogens is 614 g/mol. The Morgan fingerprint density at radius 2 is 1.74 bits per heavy atom. The van der Waals surface area contributed by atoms with Gasteiger partial charge >= 0.3 is 0 Å². The maximum Gasteiger partial charge on any atom is 0.269 e. The number of hydrogen-bond donors (Lipinski definition) is 1. The van der Waals surface area contributed by atoms with Crippen molar-refractivity contribution in [2.45, 2.75) is 31.6 Å². The zero-order chi connectivity index (χ0) is 32.4. The van der Waals surface area contributed by atoms with Crippen molar-refractivity contribution in [3.05, 3.63) is 113 Å². The SMILES string of the molecule is NC(=O)c1nn(CC(=O)N2C[C@H](F)C[C@H]2C(=O)Cc2cccc(-c3ccccc3Cl)c2F)c2ccc(C#Cc3ncccn3)cc12. The summed E-state index contributed by atoms with van der Waals surface area (Å²) < 4.78 is 31.5. The van der Waals surface area contributed by atoms with E-state index in [0.717, 1.165) is 4.90 Å². The number of likely N-dealkylation sites (tertiary alicyclic amines) is 1. The smallest absolute Gasteiger partial charge is 0.269 e. The van der Waals surface area contributed by atoms with Gasteiger partial charge in [0.15, 0.2) is 11.5 Å². The lowest BCUT2D eigenvalue weighted by molar-refractivity contribution is -0.138. The molecule has 5 aromatic rings. The van der Waals surface area contributed by atoms with E-state index in [1.165, 1.54) is 10.7 Å². The number of carbonyl (C=O) groups is 3. The van der Waals surface area contributed by atoms with Crippen molar-refractivity contribution in [3.63, 3.8) is 0 Å². The predicted molar refractivity (Wildman–Crippen MR) is 167 cm³/mol. The minimum absolute atomic E-state index is 0.0753. The van der Waals surface area contributed by atoms with Gasteiger partial charge in [0, 0.05) is 52.3 Å². The molecule has 1 saturated heterocycles. The second kappa shape index (κ2) is 12.9. The second-order valence-electron chi connectivity index (χ2n) is 10.7. The number of primary amides is 1. The van der Waals surface area contributed by atoms with E-state index in [-0.39, 0.29) is 42.8 Å². The molecule has 3 heterocycles. The Hall–Kier alpha value is -5.47. The highest BCUT2D eigenvalue weighted by molar-refractivity contribution is 6.33. The summed E-state index contributed by atoms with van der Waals surface area (Å²) in [5.41, 5.74) is 7.28. The monoisotopic (exact) mass is 638 g/mol. The fourth-order valence-electron chi connectivity index (χ4n) is 5.55. The molecule has 9 nitrogen and oxygen atoms in total. The normalized spacial score (nSPS) is 15.8. The molecular formula is C34H25ClF2N6O3. The Labute approximate surface area is 267 Å². The summed E-state index contributed by atoms with van der Waals surface area (Å²) in [6.07, 6.45) is 1.13. The number of fused-ring (bicyclic) bond motifs is 1. The van der Waals surface area contributed by atoms with Gasteiger partial charge < -0.3 is 10.6 Å². The average Bonchev–Trinajstić information content (AvgIpc) is 3.62.